The molecule has 0 spiro atoms. The van der Waals surface area contributed by atoms with Crippen molar-refractivity contribution in [1.82, 2.24) is 4.90 Å². The summed E-state index contributed by atoms with van der Waals surface area (Å²) >= 11 is 0. The van der Waals surface area contributed by atoms with E-state index in [1.807, 2.05) is 0 Å². The number of amides is 1. The smallest absolute Gasteiger partial charge is 0.410 e. The number of nitrogens with zero attached hydrogens (tertiary/aromatic N) is 2. The van der Waals surface area contributed by atoms with Crippen LogP contribution in [0.15, 0.2) is 12.1 Å². The fourth-order valence-electron chi connectivity index (χ4n) is 2.55. The molecule has 24 heavy (non-hydrogen) atoms. The van der Waals surface area contributed by atoms with Crippen LogP contribution in [0.4, 0.5) is 19.3 Å². The number of ketones is 1. The molecule has 1 aliphatic heterocycles. The van der Waals surface area contributed by atoms with Gasteiger partial charge in [-0.15, -0.1) is 0 Å². The van der Waals surface area contributed by atoms with Gasteiger partial charge >= 0.3 is 6.09 Å². The van der Waals surface area contributed by atoms with Crippen molar-refractivity contribution in [2.24, 2.45) is 0 Å². The molecular formula is C17H22F2N2O3. The van der Waals surface area contributed by atoms with E-state index in [-0.39, 0.29) is 0 Å². The van der Waals surface area contributed by atoms with Crippen LogP contribution in [0.1, 0.15) is 38.1 Å². The Bertz CT molecular complexity index is 625. The Labute approximate surface area is 140 Å². The predicted octanol–water partition coefficient (Wildman–Crippen LogP) is 3.22. The van der Waals surface area contributed by atoms with E-state index < -0.39 is 34.7 Å². The van der Waals surface area contributed by atoms with Gasteiger partial charge in [0.15, 0.2) is 5.78 Å². The molecule has 2 rings (SSSR count). The maximum Gasteiger partial charge on any atom is 0.410 e. The highest BCUT2D eigenvalue weighted by Gasteiger charge is 2.27. The third kappa shape index (κ3) is 4.21. The number of piperazine rings is 1. The summed E-state index contributed by atoms with van der Waals surface area (Å²) in [5.41, 5.74) is -0.729. The number of carbonyl (C=O) groups excluding carboxylic acids is 2. The highest BCUT2D eigenvalue weighted by Crippen LogP contribution is 2.24. The zero-order valence-corrected chi connectivity index (χ0v) is 14.4. The van der Waals surface area contributed by atoms with Gasteiger partial charge in [-0.05, 0) is 39.8 Å². The van der Waals surface area contributed by atoms with E-state index in [0.717, 1.165) is 19.1 Å². The van der Waals surface area contributed by atoms with E-state index in [1.54, 1.807) is 30.6 Å². The number of Topliss-reactive ketones (excluding diaryl/α,β-unsaturated/α-hetero) is 1. The second-order valence-corrected chi connectivity index (χ2v) is 6.80. The fourth-order valence-corrected chi connectivity index (χ4v) is 2.55. The van der Waals surface area contributed by atoms with Gasteiger partial charge in [-0.1, -0.05) is 0 Å². The Morgan fingerprint density at radius 1 is 1.04 bits per heavy atom. The van der Waals surface area contributed by atoms with Crippen molar-refractivity contribution in [1.29, 1.82) is 0 Å². The number of hydrogen-bond donors (Lipinski definition) is 0. The highest BCUT2D eigenvalue weighted by molar-refractivity contribution is 5.95. The Balaban J connectivity index is 2.05. The standard InChI is InChI=1S/C17H22F2N2O3/c1-11(22)15-13(18)9-12(10-14(15)19)20-5-7-21(8-6-20)16(23)24-17(2,3)4/h9-10H,5-8H2,1-4H3. The van der Waals surface area contributed by atoms with Gasteiger partial charge in [-0.2, -0.15) is 0 Å². The van der Waals surface area contributed by atoms with Crippen molar-refractivity contribution < 1.29 is 23.1 Å². The second kappa shape index (κ2) is 6.75. The van der Waals surface area contributed by atoms with Crippen molar-refractivity contribution in [2.75, 3.05) is 31.1 Å². The molecule has 5 nitrogen and oxygen atoms in total. The third-order valence-corrected chi connectivity index (χ3v) is 3.68. The molecule has 1 aliphatic rings. The molecule has 7 heteroatoms. The van der Waals surface area contributed by atoms with Crippen LogP contribution < -0.4 is 4.90 Å². The minimum atomic E-state index is -0.868. The first-order chi connectivity index (χ1) is 11.1. The number of hydrogen-bond acceptors (Lipinski definition) is 4. The van der Waals surface area contributed by atoms with Crippen LogP contribution in [0.5, 0.6) is 0 Å². The van der Waals surface area contributed by atoms with Crippen LogP contribution in [-0.4, -0.2) is 48.6 Å². The largest absolute Gasteiger partial charge is 0.444 e. The molecule has 0 N–H and O–H groups in total. The van der Waals surface area contributed by atoms with Gasteiger partial charge in [-0.3, -0.25) is 4.79 Å². The molecule has 1 heterocycles. The van der Waals surface area contributed by atoms with Gasteiger partial charge in [0.25, 0.3) is 0 Å². The lowest BCUT2D eigenvalue weighted by Gasteiger charge is -2.36. The Kier molecular flexibility index (Phi) is 5.11. The average molecular weight is 340 g/mol. The van der Waals surface area contributed by atoms with Gasteiger partial charge < -0.3 is 14.5 Å². The summed E-state index contributed by atoms with van der Waals surface area (Å²) in [5, 5.41) is 0. The summed E-state index contributed by atoms with van der Waals surface area (Å²) in [6.07, 6.45) is -0.397. The van der Waals surface area contributed by atoms with E-state index in [9.17, 15) is 18.4 Å². The number of anilines is 1. The van der Waals surface area contributed by atoms with E-state index >= 15 is 0 Å². The molecule has 0 atom stereocenters. The van der Waals surface area contributed by atoms with E-state index in [1.165, 1.54) is 0 Å². The first-order valence-electron chi connectivity index (χ1n) is 7.81. The van der Waals surface area contributed by atoms with Crippen molar-refractivity contribution in [3.05, 3.63) is 29.3 Å². The molecule has 0 bridgehead atoms. The van der Waals surface area contributed by atoms with Crippen LogP contribution >= 0.6 is 0 Å². The minimum Gasteiger partial charge on any atom is -0.444 e. The Hall–Kier alpha value is -2.18. The molecule has 0 aromatic heterocycles. The average Bonchev–Trinajstić information content (AvgIpc) is 2.44. The Morgan fingerprint density at radius 3 is 1.96 bits per heavy atom. The van der Waals surface area contributed by atoms with Crippen LogP contribution in [0.3, 0.4) is 0 Å². The first kappa shape index (κ1) is 18.2. The molecule has 1 aromatic rings. The molecule has 1 aromatic carbocycles. The van der Waals surface area contributed by atoms with Gasteiger partial charge in [0.1, 0.15) is 17.2 Å². The third-order valence-electron chi connectivity index (χ3n) is 3.68. The zero-order chi connectivity index (χ0) is 18.1. The van der Waals surface area contributed by atoms with Crippen LogP contribution in [0.2, 0.25) is 0 Å². The van der Waals surface area contributed by atoms with E-state index in [4.69, 9.17) is 4.74 Å². The summed E-state index contributed by atoms with van der Waals surface area (Å²) in [6, 6.07) is 2.31. The van der Waals surface area contributed by atoms with Crippen LogP contribution in [-0.2, 0) is 4.74 Å². The first-order valence-corrected chi connectivity index (χ1v) is 7.81. The van der Waals surface area contributed by atoms with E-state index in [2.05, 4.69) is 0 Å². The molecule has 1 fully saturated rings. The molecule has 132 valence electrons. The minimum absolute atomic E-state index is 0.360. The summed E-state index contributed by atoms with van der Waals surface area (Å²) < 4.78 is 33.2. The SMILES string of the molecule is CC(=O)c1c(F)cc(N2CCN(C(=O)OC(C)(C)C)CC2)cc1F. The predicted molar refractivity (Wildman–Crippen MR) is 86.4 cm³/mol. The van der Waals surface area contributed by atoms with Gasteiger partial charge in [0.2, 0.25) is 0 Å². The Morgan fingerprint density at radius 2 is 1.54 bits per heavy atom. The van der Waals surface area contributed by atoms with Crippen molar-refractivity contribution in [3.8, 4) is 0 Å². The summed E-state index contributed by atoms with van der Waals surface area (Å²) in [5.74, 6) is -2.38. The number of rotatable bonds is 2. The molecule has 0 aliphatic carbocycles. The zero-order valence-electron chi connectivity index (χ0n) is 14.4. The molecule has 0 saturated carbocycles. The van der Waals surface area contributed by atoms with Gasteiger partial charge in [-0.25, -0.2) is 13.6 Å². The quantitative estimate of drug-likeness (QED) is 0.776. The molecular weight excluding hydrogens is 318 g/mol. The molecule has 1 saturated heterocycles. The molecule has 1 amide bonds. The van der Waals surface area contributed by atoms with Crippen molar-refractivity contribution in [3.63, 3.8) is 0 Å². The molecule has 0 unspecified atom stereocenters. The van der Waals surface area contributed by atoms with Gasteiger partial charge in [0.05, 0.1) is 5.56 Å². The lowest BCUT2D eigenvalue weighted by Crippen LogP contribution is -2.50. The summed E-state index contributed by atoms with van der Waals surface area (Å²) in [7, 11) is 0. The fraction of sp³-hybridized carbons (Fsp3) is 0.529. The summed E-state index contributed by atoms with van der Waals surface area (Å²) in [6.45, 7) is 8.16. The molecule has 0 radical (unpaired) electrons. The number of ether oxygens (including phenoxy) is 1. The maximum absolute atomic E-state index is 13.9. The number of benzene rings is 1. The van der Waals surface area contributed by atoms with Crippen molar-refractivity contribution in [2.45, 2.75) is 33.3 Å². The normalized spacial score (nSPS) is 15.4. The van der Waals surface area contributed by atoms with E-state index in [0.29, 0.717) is 31.9 Å². The topological polar surface area (TPSA) is 49.9 Å². The second-order valence-electron chi connectivity index (χ2n) is 6.80. The van der Waals surface area contributed by atoms with Crippen LogP contribution in [0, 0.1) is 11.6 Å². The van der Waals surface area contributed by atoms with Crippen LogP contribution in [0.25, 0.3) is 0 Å². The monoisotopic (exact) mass is 340 g/mol. The lowest BCUT2D eigenvalue weighted by atomic mass is 10.1. The maximum atomic E-state index is 13.9. The van der Waals surface area contributed by atoms with Crippen molar-refractivity contribution >= 4 is 17.6 Å². The number of carbonyl (C=O) groups is 2. The number of halogens is 2. The van der Waals surface area contributed by atoms with Gasteiger partial charge in [0, 0.05) is 31.9 Å². The summed E-state index contributed by atoms with van der Waals surface area (Å²) in [4.78, 5) is 26.6. The highest BCUT2D eigenvalue weighted by atomic mass is 19.1. The lowest BCUT2D eigenvalue weighted by molar-refractivity contribution is 0.0240.